The first-order valence-electron chi connectivity index (χ1n) is 6.60. The molecule has 0 saturated heterocycles. The highest BCUT2D eigenvalue weighted by Gasteiger charge is 2.17. The van der Waals surface area contributed by atoms with E-state index in [0.717, 1.165) is 25.1 Å². The lowest BCUT2D eigenvalue weighted by Crippen LogP contribution is -2.24. The third kappa shape index (κ3) is 2.52. The number of hydrogen-bond acceptors (Lipinski definition) is 5. The van der Waals surface area contributed by atoms with Gasteiger partial charge < -0.3 is 14.6 Å². The summed E-state index contributed by atoms with van der Waals surface area (Å²) in [5, 5.41) is 7.32. The number of nitrogens with one attached hydrogen (secondary N) is 1. The van der Waals surface area contributed by atoms with Gasteiger partial charge in [-0.2, -0.15) is 4.98 Å². The topological polar surface area (TPSA) is 60.2 Å². The maximum absolute atomic E-state index is 5.35. The monoisotopic (exact) mass is 259 g/mol. The molecule has 2 heterocycles. The van der Waals surface area contributed by atoms with E-state index >= 15 is 0 Å². The second-order valence-electron chi connectivity index (χ2n) is 4.52. The molecule has 0 atom stereocenters. The predicted octanol–water partition coefficient (Wildman–Crippen LogP) is 1.92. The normalized spacial score (nSPS) is 14.4. The molecule has 3 rings (SSSR count). The molecule has 0 unspecified atom stereocenters. The summed E-state index contributed by atoms with van der Waals surface area (Å²) in [6.07, 6.45) is 0.995. The maximum atomic E-state index is 5.35. The standard InChI is InChI=1S/C14H17N3O2/c1-2-18-9-13-16-14(19-17-13)12-5-3-4-10-8-15-7-6-11(10)12/h3-5,15H,2,6-9H2,1H3. The van der Waals surface area contributed by atoms with Crippen molar-refractivity contribution >= 4 is 0 Å². The molecule has 1 aliphatic heterocycles. The van der Waals surface area contributed by atoms with E-state index in [4.69, 9.17) is 9.26 Å². The highest BCUT2D eigenvalue weighted by atomic mass is 16.5. The zero-order valence-corrected chi connectivity index (χ0v) is 11.0. The number of benzene rings is 1. The summed E-state index contributed by atoms with van der Waals surface area (Å²) < 4.78 is 10.6. The largest absolute Gasteiger partial charge is 0.374 e. The molecular formula is C14H17N3O2. The van der Waals surface area contributed by atoms with Crippen LogP contribution < -0.4 is 5.32 Å². The summed E-state index contributed by atoms with van der Waals surface area (Å²) >= 11 is 0. The van der Waals surface area contributed by atoms with Gasteiger partial charge in [0, 0.05) is 18.7 Å². The summed E-state index contributed by atoms with van der Waals surface area (Å²) in [6.45, 7) is 4.89. The molecule has 2 aromatic rings. The van der Waals surface area contributed by atoms with E-state index in [1.807, 2.05) is 19.1 Å². The number of fused-ring (bicyclic) bond motifs is 1. The molecule has 5 nitrogen and oxygen atoms in total. The summed E-state index contributed by atoms with van der Waals surface area (Å²) in [5.41, 5.74) is 3.68. The third-order valence-electron chi connectivity index (χ3n) is 3.27. The molecule has 1 aromatic carbocycles. The minimum Gasteiger partial charge on any atom is -0.374 e. The Morgan fingerprint density at radius 3 is 3.26 bits per heavy atom. The molecule has 0 spiro atoms. The molecule has 1 N–H and O–H groups in total. The molecule has 0 bridgehead atoms. The summed E-state index contributed by atoms with van der Waals surface area (Å²) in [4.78, 5) is 4.40. The Morgan fingerprint density at radius 1 is 1.42 bits per heavy atom. The van der Waals surface area contributed by atoms with Gasteiger partial charge in [0.15, 0.2) is 5.82 Å². The van der Waals surface area contributed by atoms with Crippen LogP contribution in [-0.4, -0.2) is 23.3 Å². The Labute approximate surface area is 112 Å². The first kappa shape index (κ1) is 12.3. The van der Waals surface area contributed by atoms with Gasteiger partial charge in [-0.25, -0.2) is 0 Å². The van der Waals surface area contributed by atoms with Gasteiger partial charge in [-0.15, -0.1) is 0 Å². The van der Waals surface area contributed by atoms with Crippen molar-refractivity contribution in [2.45, 2.75) is 26.5 Å². The quantitative estimate of drug-likeness (QED) is 0.909. The highest BCUT2D eigenvalue weighted by Crippen LogP contribution is 2.27. The lowest BCUT2D eigenvalue weighted by Gasteiger charge is -2.18. The van der Waals surface area contributed by atoms with Gasteiger partial charge in [0.05, 0.1) is 0 Å². The number of hydrogen-bond donors (Lipinski definition) is 1. The molecule has 1 aromatic heterocycles. The average molecular weight is 259 g/mol. The Kier molecular flexibility index (Phi) is 3.57. The second-order valence-corrected chi connectivity index (χ2v) is 4.52. The predicted molar refractivity (Wildman–Crippen MR) is 70.5 cm³/mol. The minimum absolute atomic E-state index is 0.399. The van der Waals surface area contributed by atoms with E-state index in [1.165, 1.54) is 11.1 Å². The lowest BCUT2D eigenvalue weighted by molar-refractivity contribution is 0.126. The van der Waals surface area contributed by atoms with E-state index in [9.17, 15) is 0 Å². The van der Waals surface area contributed by atoms with Crippen LogP contribution in [-0.2, 0) is 24.3 Å². The maximum Gasteiger partial charge on any atom is 0.258 e. The Bertz CT molecular complexity index is 566. The van der Waals surface area contributed by atoms with Crippen molar-refractivity contribution in [3.05, 3.63) is 35.2 Å². The summed E-state index contributed by atoms with van der Waals surface area (Å²) in [6, 6.07) is 6.22. The molecule has 1 aliphatic rings. The Balaban J connectivity index is 1.91. The van der Waals surface area contributed by atoms with Crippen LogP contribution >= 0.6 is 0 Å². The van der Waals surface area contributed by atoms with Crippen molar-refractivity contribution in [1.29, 1.82) is 0 Å². The Morgan fingerprint density at radius 2 is 2.37 bits per heavy atom. The van der Waals surface area contributed by atoms with Crippen LogP contribution in [0.15, 0.2) is 22.7 Å². The van der Waals surface area contributed by atoms with Crippen LogP contribution in [0.25, 0.3) is 11.5 Å². The third-order valence-corrected chi connectivity index (χ3v) is 3.27. The fourth-order valence-electron chi connectivity index (χ4n) is 2.35. The van der Waals surface area contributed by atoms with Crippen molar-refractivity contribution < 1.29 is 9.26 Å². The number of aromatic nitrogens is 2. The van der Waals surface area contributed by atoms with Gasteiger partial charge in [0.2, 0.25) is 0 Å². The first-order chi connectivity index (χ1) is 9.38. The average Bonchev–Trinajstić information content (AvgIpc) is 2.93. The van der Waals surface area contributed by atoms with Crippen LogP contribution in [0.4, 0.5) is 0 Å². The number of rotatable bonds is 4. The van der Waals surface area contributed by atoms with Gasteiger partial charge in [-0.05, 0) is 37.1 Å². The van der Waals surface area contributed by atoms with Crippen LogP contribution in [0.2, 0.25) is 0 Å². The minimum atomic E-state index is 0.399. The van der Waals surface area contributed by atoms with E-state index in [0.29, 0.717) is 24.9 Å². The van der Waals surface area contributed by atoms with Crippen molar-refractivity contribution in [2.75, 3.05) is 13.2 Å². The van der Waals surface area contributed by atoms with Gasteiger partial charge in [0.25, 0.3) is 5.89 Å². The fourth-order valence-corrected chi connectivity index (χ4v) is 2.35. The lowest BCUT2D eigenvalue weighted by atomic mass is 9.95. The molecule has 0 saturated carbocycles. The molecule has 5 heteroatoms. The molecule has 0 amide bonds. The second kappa shape index (κ2) is 5.50. The van der Waals surface area contributed by atoms with E-state index < -0.39 is 0 Å². The highest BCUT2D eigenvalue weighted by molar-refractivity contribution is 5.61. The van der Waals surface area contributed by atoms with E-state index in [1.54, 1.807) is 0 Å². The van der Waals surface area contributed by atoms with E-state index in [-0.39, 0.29) is 0 Å². The van der Waals surface area contributed by atoms with Crippen molar-refractivity contribution in [3.63, 3.8) is 0 Å². The SMILES string of the molecule is CCOCc1noc(-c2cccc3c2CCNC3)n1. The molecule has 0 aliphatic carbocycles. The summed E-state index contributed by atoms with van der Waals surface area (Å²) in [5.74, 6) is 1.19. The van der Waals surface area contributed by atoms with Gasteiger partial charge in [-0.3, -0.25) is 0 Å². The van der Waals surface area contributed by atoms with E-state index in [2.05, 4.69) is 21.5 Å². The number of ether oxygens (including phenoxy) is 1. The van der Waals surface area contributed by atoms with Crippen molar-refractivity contribution in [2.24, 2.45) is 0 Å². The smallest absolute Gasteiger partial charge is 0.258 e. The molecule has 100 valence electrons. The van der Waals surface area contributed by atoms with Crippen molar-refractivity contribution in [1.82, 2.24) is 15.5 Å². The summed E-state index contributed by atoms with van der Waals surface area (Å²) in [7, 11) is 0. The van der Waals surface area contributed by atoms with Crippen LogP contribution in [0.3, 0.4) is 0 Å². The van der Waals surface area contributed by atoms with Gasteiger partial charge in [-0.1, -0.05) is 17.3 Å². The zero-order valence-electron chi connectivity index (χ0n) is 11.0. The van der Waals surface area contributed by atoms with Gasteiger partial charge in [0.1, 0.15) is 6.61 Å². The molecule has 19 heavy (non-hydrogen) atoms. The first-order valence-corrected chi connectivity index (χ1v) is 6.60. The molecular weight excluding hydrogens is 242 g/mol. The van der Waals surface area contributed by atoms with Crippen LogP contribution in [0.5, 0.6) is 0 Å². The number of nitrogens with zero attached hydrogens (tertiary/aromatic N) is 2. The van der Waals surface area contributed by atoms with Crippen LogP contribution in [0, 0.1) is 0 Å². The van der Waals surface area contributed by atoms with Gasteiger partial charge >= 0.3 is 0 Å². The zero-order chi connectivity index (χ0) is 13.1. The molecule has 0 radical (unpaired) electrons. The Hall–Kier alpha value is -1.72. The fraction of sp³-hybridized carbons (Fsp3) is 0.429. The van der Waals surface area contributed by atoms with Crippen molar-refractivity contribution in [3.8, 4) is 11.5 Å². The molecule has 0 fully saturated rings. The van der Waals surface area contributed by atoms with Crippen LogP contribution in [0.1, 0.15) is 23.9 Å².